The van der Waals surface area contributed by atoms with Crippen LogP contribution in [0.3, 0.4) is 0 Å². The molecule has 112 valence electrons. The van der Waals surface area contributed by atoms with E-state index in [1.165, 1.54) is 12.1 Å². The number of hydrogen-bond acceptors (Lipinski definition) is 2. The number of anilines is 1. The van der Waals surface area contributed by atoms with Gasteiger partial charge in [-0.2, -0.15) is 0 Å². The van der Waals surface area contributed by atoms with E-state index in [9.17, 15) is 12.8 Å². The fourth-order valence-corrected chi connectivity index (χ4v) is 4.24. The van der Waals surface area contributed by atoms with Crippen molar-refractivity contribution in [3.8, 4) is 0 Å². The van der Waals surface area contributed by atoms with E-state index in [1.807, 2.05) is 13.0 Å². The molecule has 0 radical (unpaired) electrons. The maximum Gasteiger partial charge on any atom is 0.262 e. The Balaban J connectivity index is 2.51. The highest BCUT2D eigenvalue weighted by atomic mass is 79.9. The van der Waals surface area contributed by atoms with E-state index in [2.05, 4.69) is 20.7 Å². The molecule has 21 heavy (non-hydrogen) atoms. The van der Waals surface area contributed by atoms with Gasteiger partial charge in [0.25, 0.3) is 10.0 Å². The van der Waals surface area contributed by atoms with E-state index >= 15 is 0 Å². The van der Waals surface area contributed by atoms with Crippen LogP contribution in [0.15, 0.2) is 39.7 Å². The zero-order valence-corrected chi connectivity index (χ0v) is 14.3. The predicted molar refractivity (Wildman–Crippen MR) is 85.6 cm³/mol. The first-order valence-corrected chi connectivity index (χ1v) is 8.54. The Kier molecular flexibility index (Phi) is 4.39. The van der Waals surface area contributed by atoms with Crippen LogP contribution in [0, 0.1) is 26.6 Å². The lowest BCUT2D eigenvalue weighted by molar-refractivity contribution is 0.597. The largest absolute Gasteiger partial charge is 0.278 e. The summed E-state index contributed by atoms with van der Waals surface area (Å²) in [6, 6.07) is 7.81. The van der Waals surface area contributed by atoms with Crippen LogP contribution in [-0.4, -0.2) is 8.42 Å². The van der Waals surface area contributed by atoms with E-state index in [-0.39, 0.29) is 4.90 Å². The third-order valence-corrected chi connectivity index (χ3v) is 5.42. The number of halogens is 2. The Labute approximate surface area is 132 Å². The monoisotopic (exact) mass is 371 g/mol. The van der Waals surface area contributed by atoms with Crippen LogP contribution in [0.2, 0.25) is 0 Å². The average Bonchev–Trinajstić information content (AvgIpc) is 2.31. The van der Waals surface area contributed by atoms with Crippen molar-refractivity contribution in [3.05, 3.63) is 57.3 Å². The number of rotatable bonds is 3. The van der Waals surface area contributed by atoms with Gasteiger partial charge >= 0.3 is 0 Å². The van der Waals surface area contributed by atoms with E-state index in [0.29, 0.717) is 21.3 Å². The van der Waals surface area contributed by atoms with Gasteiger partial charge in [-0.1, -0.05) is 6.07 Å². The van der Waals surface area contributed by atoms with Crippen molar-refractivity contribution in [3.63, 3.8) is 0 Å². The fraction of sp³-hybridized carbons (Fsp3) is 0.200. The number of aryl methyl sites for hydroxylation is 3. The minimum atomic E-state index is -3.78. The van der Waals surface area contributed by atoms with Crippen LogP contribution >= 0.6 is 15.9 Å². The summed E-state index contributed by atoms with van der Waals surface area (Å²) in [6.07, 6.45) is 0. The Morgan fingerprint density at radius 1 is 1.05 bits per heavy atom. The lowest BCUT2D eigenvalue weighted by atomic mass is 10.1. The molecule has 1 N–H and O–H groups in total. The molecule has 0 fully saturated rings. The fourth-order valence-electron chi connectivity index (χ4n) is 2.23. The third kappa shape index (κ3) is 3.44. The first-order valence-electron chi connectivity index (χ1n) is 6.26. The molecule has 0 saturated heterocycles. The van der Waals surface area contributed by atoms with Crippen molar-refractivity contribution in [2.45, 2.75) is 25.7 Å². The number of hydrogen-bond donors (Lipinski definition) is 1. The van der Waals surface area contributed by atoms with Crippen LogP contribution in [0.4, 0.5) is 10.1 Å². The van der Waals surface area contributed by atoms with Gasteiger partial charge in [0.15, 0.2) is 0 Å². The molecule has 0 spiro atoms. The Bertz CT molecular complexity index is 780. The highest BCUT2D eigenvalue weighted by Gasteiger charge is 2.21. The second-order valence-corrected chi connectivity index (χ2v) is 7.43. The molecule has 0 aromatic heterocycles. The van der Waals surface area contributed by atoms with Crippen molar-refractivity contribution in [2.75, 3.05) is 4.72 Å². The van der Waals surface area contributed by atoms with Crippen molar-refractivity contribution in [2.24, 2.45) is 0 Å². The highest BCUT2D eigenvalue weighted by Crippen LogP contribution is 2.28. The average molecular weight is 372 g/mol. The molecule has 0 atom stereocenters. The molecule has 0 aliphatic carbocycles. The smallest absolute Gasteiger partial charge is 0.262 e. The summed E-state index contributed by atoms with van der Waals surface area (Å²) < 4.78 is 41.6. The van der Waals surface area contributed by atoms with Gasteiger partial charge in [-0.15, -0.1) is 0 Å². The van der Waals surface area contributed by atoms with Gasteiger partial charge in [-0.05, 0) is 77.7 Å². The van der Waals surface area contributed by atoms with E-state index in [1.54, 1.807) is 26.0 Å². The molecule has 0 amide bonds. The summed E-state index contributed by atoms with van der Waals surface area (Å²) in [6.45, 7) is 5.03. The third-order valence-electron chi connectivity index (χ3n) is 3.06. The Morgan fingerprint density at radius 3 is 2.19 bits per heavy atom. The molecule has 2 rings (SSSR count). The topological polar surface area (TPSA) is 46.2 Å². The van der Waals surface area contributed by atoms with Gasteiger partial charge in [0, 0.05) is 4.47 Å². The van der Waals surface area contributed by atoms with E-state index in [4.69, 9.17) is 0 Å². The van der Waals surface area contributed by atoms with Crippen LogP contribution in [0.5, 0.6) is 0 Å². The molecule has 0 saturated carbocycles. The molecular weight excluding hydrogens is 357 g/mol. The van der Waals surface area contributed by atoms with Crippen molar-refractivity contribution < 1.29 is 12.8 Å². The minimum absolute atomic E-state index is 0.109. The van der Waals surface area contributed by atoms with Crippen LogP contribution in [0.1, 0.15) is 16.7 Å². The van der Waals surface area contributed by atoms with Crippen LogP contribution < -0.4 is 4.72 Å². The summed E-state index contributed by atoms with van der Waals surface area (Å²) in [5.41, 5.74) is 2.15. The van der Waals surface area contributed by atoms with Gasteiger partial charge in [-0.3, -0.25) is 4.72 Å². The normalized spacial score (nSPS) is 11.5. The quantitative estimate of drug-likeness (QED) is 0.873. The van der Waals surface area contributed by atoms with Gasteiger partial charge in [-0.25, -0.2) is 12.8 Å². The second kappa shape index (κ2) is 5.77. The van der Waals surface area contributed by atoms with Crippen molar-refractivity contribution >= 4 is 31.6 Å². The predicted octanol–water partition coefficient (Wildman–Crippen LogP) is 4.31. The second-order valence-electron chi connectivity index (χ2n) is 4.96. The minimum Gasteiger partial charge on any atom is -0.278 e. The van der Waals surface area contributed by atoms with E-state index in [0.717, 1.165) is 5.56 Å². The molecule has 2 aromatic rings. The van der Waals surface area contributed by atoms with Gasteiger partial charge < -0.3 is 0 Å². The molecule has 3 nitrogen and oxygen atoms in total. The Morgan fingerprint density at radius 2 is 1.62 bits per heavy atom. The molecule has 2 aromatic carbocycles. The maximum atomic E-state index is 13.3. The molecule has 0 aliphatic rings. The number of benzene rings is 2. The van der Waals surface area contributed by atoms with Crippen LogP contribution in [0.25, 0.3) is 0 Å². The summed E-state index contributed by atoms with van der Waals surface area (Å²) in [5, 5.41) is 0. The molecule has 0 bridgehead atoms. The van der Waals surface area contributed by atoms with Gasteiger partial charge in [0.05, 0.1) is 10.6 Å². The zero-order chi connectivity index (χ0) is 15.8. The van der Waals surface area contributed by atoms with E-state index < -0.39 is 15.8 Å². The molecule has 0 unspecified atom stereocenters. The highest BCUT2D eigenvalue weighted by molar-refractivity contribution is 9.10. The first kappa shape index (κ1) is 16.0. The first-order chi connectivity index (χ1) is 9.70. The summed E-state index contributed by atoms with van der Waals surface area (Å²) >= 11 is 3.32. The van der Waals surface area contributed by atoms with Gasteiger partial charge in [0.1, 0.15) is 5.82 Å². The van der Waals surface area contributed by atoms with Crippen molar-refractivity contribution in [1.29, 1.82) is 0 Å². The Hall–Kier alpha value is -1.40. The van der Waals surface area contributed by atoms with Gasteiger partial charge in [0.2, 0.25) is 0 Å². The summed E-state index contributed by atoms with van der Waals surface area (Å²) in [7, 11) is -3.78. The molecule has 0 heterocycles. The maximum absolute atomic E-state index is 13.3. The lowest BCUT2D eigenvalue weighted by Crippen LogP contribution is -2.16. The lowest BCUT2D eigenvalue weighted by Gasteiger charge is -2.14. The number of nitrogens with one attached hydrogen (secondary N) is 1. The summed E-state index contributed by atoms with van der Waals surface area (Å²) in [4.78, 5) is 0.109. The zero-order valence-electron chi connectivity index (χ0n) is 11.9. The number of sulfonamides is 1. The SMILES string of the molecule is Cc1ccc(Br)c(NS(=O)(=O)c2c(C)cc(F)cc2C)c1. The molecule has 0 aliphatic heterocycles. The van der Waals surface area contributed by atoms with Crippen LogP contribution in [-0.2, 0) is 10.0 Å². The molecule has 6 heteroatoms. The standard InChI is InChI=1S/C15H15BrFNO2S/c1-9-4-5-13(16)14(6-9)18-21(19,20)15-10(2)7-12(17)8-11(15)3/h4-8,18H,1-3H3. The summed E-state index contributed by atoms with van der Waals surface area (Å²) in [5.74, 6) is -0.444. The van der Waals surface area contributed by atoms with Crippen molar-refractivity contribution in [1.82, 2.24) is 0 Å². The molecular formula is C15H15BrFNO2S.